The molecule has 0 bridgehead atoms. The van der Waals surface area contributed by atoms with Crippen molar-refractivity contribution in [3.8, 4) is 11.4 Å². The number of rotatable bonds is 4. The van der Waals surface area contributed by atoms with Gasteiger partial charge < -0.3 is 19.4 Å². The number of nitrogens with zero attached hydrogens (tertiary/aromatic N) is 3. The van der Waals surface area contributed by atoms with Crippen molar-refractivity contribution < 1.29 is 17.9 Å². The maximum Gasteiger partial charge on any atom is 0.162 e. The number of ether oxygens (including phenoxy) is 2. The van der Waals surface area contributed by atoms with Crippen LogP contribution in [-0.2, 0) is 24.1 Å². The fraction of sp³-hybridized carbons (Fsp3) is 0.500. The Bertz CT molecular complexity index is 1280. The summed E-state index contributed by atoms with van der Waals surface area (Å²) in [6.45, 7) is 6.82. The molecule has 176 valence electrons. The molecule has 2 aromatic heterocycles. The van der Waals surface area contributed by atoms with Crippen LogP contribution in [0.4, 0.5) is 5.82 Å². The zero-order valence-electron chi connectivity index (χ0n) is 19.3. The summed E-state index contributed by atoms with van der Waals surface area (Å²) >= 11 is 0. The van der Waals surface area contributed by atoms with Crippen LogP contribution in [0.15, 0.2) is 30.5 Å². The Labute approximate surface area is 194 Å². The number of hydrogen-bond donors (Lipinski definition) is 1. The Morgan fingerprint density at radius 3 is 2.64 bits per heavy atom. The summed E-state index contributed by atoms with van der Waals surface area (Å²) in [5.41, 5.74) is 3.53. The van der Waals surface area contributed by atoms with E-state index in [1.807, 2.05) is 25.3 Å². The van der Waals surface area contributed by atoms with E-state index in [9.17, 15) is 8.42 Å². The van der Waals surface area contributed by atoms with Gasteiger partial charge in [-0.2, -0.15) is 0 Å². The molecule has 0 amide bonds. The molecule has 0 saturated carbocycles. The lowest BCUT2D eigenvalue weighted by atomic mass is 9.94. The predicted octanol–water partition coefficient (Wildman–Crippen LogP) is 3.21. The molecule has 0 aliphatic carbocycles. The van der Waals surface area contributed by atoms with Crippen molar-refractivity contribution >= 4 is 26.6 Å². The maximum absolute atomic E-state index is 13.2. The van der Waals surface area contributed by atoms with Gasteiger partial charge in [0.2, 0.25) is 0 Å². The molecule has 33 heavy (non-hydrogen) atoms. The zero-order valence-corrected chi connectivity index (χ0v) is 20.1. The topological polar surface area (TPSA) is 97.4 Å². The summed E-state index contributed by atoms with van der Waals surface area (Å²) in [6.07, 6.45) is 3.98. The van der Waals surface area contributed by atoms with Gasteiger partial charge in [0.1, 0.15) is 10.6 Å². The average Bonchev–Trinajstić information content (AvgIpc) is 3.26. The molecule has 1 atom stereocenters. The van der Waals surface area contributed by atoms with Crippen LogP contribution in [0.3, 0.4) is 0 Å². The molecule has 0 unspecified atom stereocenters. The number of aromatic amines is 1. The number of H-pyrrole nitrogens is 1. The van der Waals surface area contributed by atoms with Crippen molar-refractivity contribution in [3.63, 3.8) is 0 Å². The van der Waals surface area contributed by atoms with Crippen LogP contribution in [0, 0.1) is 6.92 Å². The van der Waals surface area contributed by atoms with Crippen LogP contribution in [0.25, 0.3) is 22.3 Å². The highest BCUT2D eigenvalue weighted by Crippen LogP contribution is 2.41. The number of fused-ring (bicyclic) bond motifs is 1. The molecular formula is C24H30N4O4S. The number of anilines is 1. The quantitative estimate of drug-likeness (QED) is 0.625. The Hall–Kier alpha value is -2.49. The first-order valence-corrected chi connectivity index (χ1v) is 13.3. The molecule has 4 heterocycles. The van der Waals surface area contributed by atoms with Crippen molar-refractivity contribution in [2.75, 3.05) is 44.1 Å². The fourth-order valence-corrected chi connectivity index (χ4v) is 6.41. The molecule has 2 saturated heterocycles. The third-order valence-electron chi connectivity index (χ3n) is 6.91. The van der Waals surface area contributed by atoms with E-state index in [0.29, 0.717) is 57.3 Å². The van der Waals surface area contributed by atoms with E-state index in [2.05, 4.69) is 28.9 Å². The molecule has 0 spiro atoms. The van der Waals surface area contributed by atoms with Crippen LogP contribution < -0.4 is 4.90 Å². The van der Waals surface area contributed by atoms with Gasteiger partial charge in [0, 0.05) is 54.7 Å². The molecule has 2 fully saturated rings. The minimum Gasteiger partial charge on any atom is -0.381 e. The smallest absolute Gasteiger partial charge is 0.162 e. The number of nitrogens with one attached hydrogen (secondary N) is 1. The Balaban J connectivity index is 1.76. The number of hydrogen-bond acceptors (Lipinski definition) is 7. The monoisotopic (exact) mass is 470 g/mol. The van der Waals surface area contributed by atoms with Gasteiger partial charge in [0.05, 0.1) is 24.9 Å². The first-order chi connectivity index (χ1) is 15.8. The normalized spacial score (nSPS) is 21.4. The van der Waals surface area contributed by atoms with Crippen LogP contribution in [0.1, 0.15) is 31.0 Å². The molecule has 1 aromatic carbocycles. The van der Waals surface area contributed by atoms with Crippen LogP contribution in [-0.4, -0.2) is 68.6 Å². The molecule has 8 nitrogen and oxygen atoms in total. The molecule has 3 aromatic rings. The maximum atomic E-state index is 13.2. The van der Waals surface area contributed by atoms with E-state index in [1.165, 1.54) is 6.26 Å². The number of morpholine rings is 1. The molecule has 2 aliphatic heterocycles. The van der Waals surface area contributed by atoms with Crippen molar-refractivity contribution in [3.05, 3.63) is 41.7 Å². The molecule has 9 heteroatoms. The first kappa shape index (κ1) is 22.3. The van der Waals surface area contributed by atoms with Gasteiger partial charge in [0.15, 0.2) is 15.7 Å². The van der Waals surface area contributed by atoms with Gasteiger partial charge in [-0.05, 0) is 50.5 Å². The van der Waals surface area contributed by atoms with Crippen LogP contribution in [0.5, 0.6) is 0 Å². The van der Waals surface area contributed by atoms with E-state index in [4.69, 9.17) is 19.4 Å². The van der Waals surface area contributed by atoms with Crippen molar-refractivity contribution in [2.45, 2.75) is 37.5 Å². The van der Waals surface area contributed by atoms with E-state index in [1.54, 1.807) is 0 Å². The highest BCUT2D eigenvalue weighted by Gasteiger charge is 2.46. The number of aryl methyl sites for hydroxylation is 1. The van der Waals surface area contributed by atoms with E-state index < -0.39 is 14.6 Å². The minimum atomic E-state index is -3.46. The molecule has 0 radical (unpaired) electrons. The third-order valence-corrected chi connectivity index (χ3v) is 8.94. The van der Waals surface area contributed by atoms with E-state index in [-0.39, 0.29) is 6.04 Å². The van der Waals surface area contributed by atoms with E-state index >= 15 is 0 Å². The van der Waals surface area contributed by atoms with Crippen molar-refractivity contribution in [1.82, 2.24) is 15.0 Å². The largest absolute Gasteiger partial charge is 0.381 e. The second kappa shape index (κ2) is 8.38. The lowest BCUT2D eigenvalue weighted by Gasteiger charge is -2.37. The molecule has 1 N–H and O–H groups in total. The molecule has 5 rings (SSSR count). The van der Waals surface area contributed by atoms with Crippen molar-refractivity contribution in [1.29, 1.82) is 0 Å². The third kappa shape index (κ3) is 3.92. The Kier molecular flexibility index (Phi) is 5.66. The number of aromatic nitrogens is 3. The summed E-state index contributed by atoms with van der Waals surface area (Å²) in [6, 6.07) is 8.17. The minimum absolute atomic E-state index is 0.128. The van der Waals surface area contributed by atoms with Gasteiger partial charge in [0.25, 0.3) is 0 Å². The summed E-state index contributed by atoms with van der Waals surface area (Å²) in [5.74, 6) is 1.29. The standard InChI is InChI=1S/C24H30N4O4S/c1-16-12-19(18-4-7-25-20(18)13-16)23-26-21(24(33(3,29)30)5-9-31-10-6-24)14-22(27-23)28-8-11-32-15-17(28)2/h4,7,12-14,17,25H,5-6,8-11,15H2,1-3H3/t17-/m1/s1. The Morgan fingerprint density at radius 1 is 1.12 bits per heavy atom. The van der Waals surface area contributed by atoms with Crippen LogP contribution in [0.2, 0.25) is 0 Å². The summed E-state index contributed by atoms with van der Waals surface area (Å²) in [7, 11) is -3.46. The van der Waals surface area contributed by atoms with Crippen LogP contribution >= 0.6 is 0 Å². The first-order valence-electron chi connectivity index (χ1n) is 11.4. The molecular weight excluding hydrogens is 440 g/mol. The van der Waals surface area contributed by atoms with Gasteiger partial charge in [-0.3, -0.25) is 0 Å². The average molecular weight is 471 g/mol. The Morgan fingerprint density at radius 2 is 1.91 bits per heavy atom. The second-order valence-electron chi connectivity index (χ2n) is 9.18. The summed E-state index contributed by atoms with van der Waals surface area (Å²) in [5, 5.41) is 1.01. The van der Waals surface area contributed by atoms with Gasteiger partial charge in [-0.1, -0.05) is 0 Å². The lowest BCUT2D eigenvalue weighted by molar-refractivity contribution is 0.0731. The SMILES string of the molecule is Cc1cc(-c2nc(N3CCOC[C@H]3C)cc(C3(S(C)(=O)=O)CCOCC3)n2)c2cc[nH]c2c1. The van der Waals surface area contributed by atoms with E-state index in [0.717, 1.165) is 27.8 Å². The van der Waals surface area contributed by atoms with Crippen molar-refractivity contribution in [2.24, 2.45) is 0 Å². The highest BCUT2D eigenvalue weighted by atomic mass is 32.2. The second-order valence-corrected chi connectivity index (χ2v) is 11.5. The number of sulfone groups is 1. The summed E-state index contributed by atoms with van der Waals surface area (Å²) in [4.78, 5) is 15.4. The van der Waals surface area contributed by atoms with Gasteiger partial charge >= 0.3 is 0 Å². The predicted molar refractivity (Wildman–Crippen MR) is 128 cm³/mol. The highest BCUT2D eigenvalue weighted by molar-refractivity contribution is 7.91. The van der Waals surface area contributed by atoms with Gasteiger partial charge in [-0.15, -0.1) is 0 Å². The number of benzene rings is 1. The molecule has 2 aliphatic rings. The van der Waals surface area contributed by atoms with Gasteiger partial charge in [-0.25, -0.2) is 18.4 Å². The zero-order chi connectivity index (χ0) is 23.2. The lowest BCUT2D eigenvalue weighted by Crippen LogP contribution is -2.45. The fourth-order valence-electron chi connectivity index (χ4n) is 5.02. The summed E-state index contributed by atoms with van der Waals surface area (Å²) < 4.78 is 36.4.